The second-order valence-corrected chi connectivity index (χ2v) is 9.10. The summed E-state index contributed by atoms with van der Waals surface area (Å²) >= 11 is 0. The molecule has 1 amide bonds. The second kappa shape index (κ2) is 10.7. The molecule has 0 unspecified atom stereocenters. The van der Waals surface area contributed by atoms with Crippen LogP contribution in [0.3, 0.4) is 0 Å². The van der Waals surface area contributed by atoms with Crippen LogP contribution in [0.4, 0.5) is 4.79 Å². The Morgan fingerprint density at radius 1 is 1.30 bits per heavy atom. The Hall–Kier alpha value is -2.26. The highest BCUT2D eigenvalue weighted by atomic mass is 16.6. The van der Waals surface area contributed by atoms with E-state index in [2.05, 4.69) is 18.6 Å². The SMILES string of the molecule is C#CCOC[C@@H]1CCC=C1C(=C)C(=N)OC1CCC(N(C)C(=O)OC(C)(C)C)CC1. The molecule has 30 heavy (non-hydrogen) atoms. The first-order chi connectivity index (χ1) is 14.1. The standard InChI is InChI=1S/C24H36N2O4/c1-7-15-28-16-18-9-8-10-21(18)17(2)22(25)29-20-13-11-19(12-14-20)26(6)23(27)30-24(3,4)5/h1,10,18-20,25H,2,8-9,11-16H2,3-6H3/t18-,19?,20?/m0/s1. The van der Waals surface area contributed by atoms with Crippen LogP contribution in [0.5, 0.6) is 0 Å². The summed E-state index contributed by atoms with van der Waals surface area (Å²) in [4.78, 5) is 14.0. The van der Waals surface area contributed by atoms with Crippen LogP contribution in [0.25, 0.3) is 0 Å². The van der Waals surface area contributed by atoms with E-state index in [-0.39, 0.29) is 30.1 Å². The molecule has 0 radical (unpaired) electrons. The number of carbonyl (C=O) groups excluding carboxylic acids is 1. The highest BCUT2D eigenvalue weighted by Gasteiger charge is 2.31. The number of nitrogens with one attached hydrogen (secondary N) is 1. The van der Waals surface area contributed by atoms with Gasteiger partial charge >= 0.3 is 6.09 Å². The molecule has 6 nitrogen and oxygen atoms in total. The first kappa shape index (κ1) is 24.0. The lowest BCUT2D eigenvalue weighted by Crippen LogP contribution is -2.43. The van der Waals surface area contributed by atoms with Crippen LogP contribution >= 0.6 is 0 Å². The summed E-state index contributed by atoms with van der Waals surface area (Å²) in [6, 6.07) is 0.132. The number of hydrogen-bond donors (Lipinski definition) is 1. The Kier molecular flexibility index (Phi) is 8.54. The van der Waals surface area contributed by atoms with E-state index in [1.54, 1.807) is 11.9 Å². The molecule has 0 aromatic carbocycles. The van der Waals surface area contributed by atoms with Gasteiger partial charge in [0, 0.05) is 24.6 Å². The van der Waals surface area contributed by atoms with Gasteiger partial charge in [-0.05, 0) is 64.9 Å². The van der Waals surface area contributed by atoms with Crippen LogP contribution in [0.1, 0.15) is 59.3 Å². The minimum atomic E-state index is -0.500. The van der Waals surface area contributed by atoms with Crippen molar-refractivity contribution in [2.24, 2.45) is 5.92 Å². The van der Waals surface area contributed by atoms with Crippen molar-refractivity contribution in [3.8, 4) is 12.3 Å². The number of rotatable bonds is 7. The first-order valence-corrected chi connectivity index (χ1v) is 10.7. The molecule has 0 saturated heterocycles. The van der Waals surface area contributed by atoms with Crippen molar-refractivity contribution >= 4 is 12.0 Å². The van der Waals surface area contributed by atoms with Gasteiger partial charge in [-0.25, -0.2) is 4.79 Å². The molecular weight excluding hydrogens is 380 g/mol. The van der Waals surface area contributed by atoms with E-state index in [1.807, 2.05) is 20.8 Å². The fourth-order valence-corrected chi connectivity index (χ4v) is 3.97. The molecule has 1 atom stereocenters. The van der Waals surface area contributed by atoms with E-state index in [1.165, 1.54) is 0 Å². The van der Waals surface area contributed by atoms with E-state index in [9.17, 15) is 4.79 Å². The molecule has 0 spiro atoms. The van der Waals surface area contributed by atoms with Crippen molar-refractivity contribution < 1.29 is 19.0 Å². The van der Waals surface area contributed by atoms with Gasteiger partial charge in [-0.3, -0.25) is 5.41 Å². The van der Waals surface area contributed by atoms with Crippen LogP contribution in [0, 0.1) is 23.7 Å². The lowest BCUT2D eigenvalue weighted by Gasteiger charge is -2.35. The van der Waals surface area contributed by atoms with Gasteiger partial charge in [0.2, 0.25) is 5.90 Å². The summed E-state index contributed by atoms with van der Waals surface area (Å²) < 4.78 is 16.9. The van der Waals surface area contributed by atoms with Gasteiger partial charge in [-0.15, -0.1) is 6.42 Å². The molecule has 0 aromatic heterocycles. The van der Waals surface area contributed by atoms with Crippen LogP contribution < -0.4 is 0 Å². The molecule has 0 heterocycles. The number of ether oxygens (including phenoxy) is 3. The minimum absolute atomic E-state index is 0.0318. The summed E-state index contributed by atoms with van der Waals surface area (Å²) in [6.07, 6.45) is 12.2. The summed E-state index contributed by atoms with van der Waals surface area (Å²) in [6.45, 7) is 10.5. The molecule has 0 aliphatic heterocycles. The summed E-state index contributed by atoms with van der Waals surface area (Å²) in [5.74, 6) is 2.83. The average Bonchev–Trinajstić information content (AvgIpc) is 3.14. The molecule has 2 aliphatic rings. The van der Waals surface area contributed by atoms with Gasteiger partial charge in [-0.1, -0.05) is 18.6 Å². The van der Waals surface area contributed by atoms with Crippen LogP contribution in [-0.4, -0.2) is 54.9 Å². The Labute approximate surface area is 181 Å². The molecule has 1 saturated carbocycles. The average molecular weight is 417 g/mol. The highest BCUT2D eigenvalue weighted by molar-refractivity contribution is 5.95. The van der Waals surface area contributed by atoms with Gasteiger partial charge in [0.15, 0.2) is 0 Å². The molecule has 6 heteroatoms. The van der Waals surface area contributed by atoms with E-state index in [0.717, 1.165) is 44.1 Å². The summed E-state index contributed by atoms with van der Waals surface area (Å²) in [7, 11) is 1.79. The number of amides is 1. The van der Waals surface area contributed by atoms with E-state index >= 15 is 0 Å². The maximum absolute atomic E-state index is 12.3. The smallest absolute Gasteiger partial charge is 0.410 e. The second-order valence-electron chi connectivity index (χ2n) is 9.10. The predicted molar refractivity (Wildman–Crippen MR) is 118 cm³/mol. The lowest BCUT2D eigenvalue weighted by atomic mass is 9.92. The third-order valence-electron chi connectivity index (χ3n) is 5.60. The first-order valence-electron chi connectivity index (χ1n) is 10.7. The number of allylic oxidation sites excluding steroid dienone is 1. The molecule has 0 bridgehead atoms. The van der Waals surface area contributed by atoms with Gasteiger partial charge < -0.3 is 19.1 Å². The number of terminal acetylenes is 1. The van der Waals surface area contributed by atoms with Gasteiger partial charge in [-0.2, -0.15) is 0 Å². The monoisotopic (exact) mass is 416 g/mol. The maximum Gasteiger partial charge on any atom is 0.410 e. The number of hydrogen-bond acceptors (Lipinski definition) is 5. The largest absolute Gasteiger partial charge is 0.474 e. The fourth-order valence-electron chi connectivity index (χ4n) is 3.97. The lowest BCUT2D eigenvalue weighted by molar-refractivity contribution is 0.0132. The van der Waals surface area contributed by atoms with Crippen LogP contribution in [-0.2, 0) is 14.2 Å². The zero-order valence-corrected chi connectivity index (χ0v) is 18.8. The maximum atomic E-state index is 12.3. The minimum Gasteiger partial charge on any atom is -0.474 e. The molecule has 2 rings (SSSR count). The zero-order valence-electron chi connectivity index (χ0n) is 18.8. The van der Waals surface area contributed by atoms with Gasteiger partial charge in [0.05, 0.1) is 6.61 Å². The Bertz CT molecular complexity index is 706. The van der Waals surface area contributed by atoms with Crippen LogP contribution in [0.2, 0.25) is 0 Å². The predicted octanol–water partition coefficient (Wildman–Crippen LogP) is 4.70. The molecule has 1 N–H and O–H groups in total. The van der Waals surface area contributed by atoms with Crippen molar-refractivity contribution in [3.63, 3.8) is 0 Å². The number of carbonyl (C=O) groups is 1. The highest BCUT2D eigenvalue weighted by Crippen LogP contribution is 2.33. The quantitative estimate of drug-likeness (QED) is 0.283. The van der Waals surface area contributed by atoms with Crippen molar-refractivity contribution in [1.82, 2.24) is 4.90 Å². The normalized spacial score (nSPS) is 23.8. The molecule has 166 valence electrons. The van der Waals surface area contributed by atoms with Crippen molar-refractivity contribution in [3.05, 3.63) is 23.8 Å². The molecule has 0 aromatic rings. The van der Waals surface area contributed by atoms with E-state index in [0.29, 0.717) is 18.8 Å². The fraction of sp³-hybridized carbons (Fsp3) is 0.667. The molecule has 1 fully saturated rings. The van der Waals surface area contributed by atoms with Crippen molar-refractivity contribution in [1.29, 1.82) is 5.41 Å². The third kappa shape index (κ3) is 6.91. The topological polar surface area (TPSA) is 71.9 Å². The van der Waals surface area contributed by atoms with Crippen molar-refractivity contribution in [2.75, 3.05) is 20.3 Å². The molecule has 2 aliphatic carbocycles. The number of nitrogens with zero attached hydrogens (tertiary/aromatic N) is 1. The Balaban J connectivity index is 1.80. The summed E-state index contributed by atoms with van der Waals surface area (Å²) in [5.41, 5.74) is 1.17. The molecular formula is C24H36N2O4. The van der Waals surface area contributed by atoms with E-state index in [4.69, 9.17) is 26.0 Å². The van der Waals surface area contributed by atoms with Crippen molar-refractivity contribution in [2.45, 2.75) is 77.0 Å². The van der Waals surface area contributed by atoms with Crippen LogP contribution in [0.15, 0.2) is 23.8 Å². The van der Waals surface area contributed by atoms with E-state index < -0.39 is 5.60 Å². The van der Waals surface area contributed by atoms with Gasteiger partial charge in [0.1, 0.15) is 18.3 Å². The Morgan fingerprint density at radius 2 is 1.97 bits per heavy atom. The third-order valence-corrected chi connectivity index (χ3v) is 5.60. The zero-order chi connectivity index (χ0) is 22.3. The summed E-state index contributed by atoms with van der Waals surface area (Å²) in [5, 5.41) is 8.38. The Morgan fingerprint density at radius 3 is 2.57 bits per heavy atom. The van der Waals surface area contributed by atoms with Gasteiger partial charge in [0.25, 0.3) is 0 Å².